The first-order chi connectivity index (χ1) is 14.5. The highest BCUT2D eigenvalue weighted by Gasteiger charge is 2.16. The van der Waals surface area contributed by atoms with Gasteiger partial charge in [0.2, 0.25) is 0 Å². The van der Waals surface area contributed by atoms with Crippen molar-refractivity contribution in [2.24, 2.45) is 7.05 Å². The van der Waals surface area contributed by atoms with Crippen LogP contribution in [0.15, 0.2) is 52.9 Å². The molecule has 4 aromatic rings. The normalized spacial score (nSPS) is 11.5. The second kappa shape index (κ2) is 8.45. The minimum atomic E-state index is 0.589. The van der Waals surface area contributed by atoms with Gasteiger partial charge in [-0.2, -0.15) is 5.10 Å². The van der Waals surface area contributed by atoms with E-state index >= 15 is 0 Å². The molecule has 0 saturated heterocycles. The summed E-state index contributed by atoms with van der Waals surface area (Å²) in [6.07, 6.45) is 0.864. The summed E-state index contributed by atoms with van der Waals surface area (Å²) in [6.45, 7) is 3.47. The molecule has 7 heteroatoms. The van der Waals surface area contributed by atoms with Gasteiger partial charge < -0.3 is 13.7 Å². The highest BCUT2D eigenvalue weighted by Crippen LogP contribution is 2.27. The summed E-state index contributed by atoms with van der Waals surface area (Å²) in [6, 6.07) is 16.1. The first-order valence-corrected chi connectivity index (χ1v) is 10.4. The lowest BCUT2D eigenvalue weighted by molar-refractivity contribution is 0.243. The topological polar surface area (TPSA) is 48.4 Å². The van der Waals surface area contributed by atoms with Gasteiger partial charge in [0.05, 0.1) is 13.8 Å². The molecule has 0 N–H and O–H groups in total. The molecule has 2 heterocycles. The van der Waals surface area contributed by atoms with Crippen LogP contribution < -0.4 is 4.74 Å². The Balaban J connectivity index is 1.58. The number of furan rings is 1. The number of hydrogen-bond acceptors (Lipinski definition) is 5. The van der Waals surface area contributed by atoms with Gasteiger partial charge in [0.1, 0.15) is 17.1 Å². The van der Waals surface area contributed by atoms with E-state index in [-0.39, 0.29) is 0 Å². The van der Waals surface area contributed by atoms with Gasteiger partial charge in [0.15, 0.2) is 10.6 Å². The zero-order valence-corrected chi connectivity index (χ0v) is 18.6. The molecule has 6 nitrogen and oxygen atoms in total. The van der Waals surface area contributed by atoms with Gasteiger partial charge >= 0.3 is 0 Å². The van der Waals surface area contributed by atoms with Crippen molar-refractivity contribution in [3.63, 3.8) is 0 Å². The molecular formula is C23H26N4O2S. The summed E-state index contributed by atoms with van der Waals surface area (Å²) in [5, 5.41) is 5.95. The molecule has 0 unspecified atom stereocenters. The summed E-state index contributed by atoms with van der Waals surface area (Å²) in [5.41, 5.74) is 3.17. The van der Waals surface area contributed by atoms with Gasteiger partial charge in [0, 0.05) is 36.5 Å². The van der Waals surface area contributed by atoms with Crippen molar-refractivity contribution in [1.29, 1.82) is 0 Å². The number of ether oxygens (including phenoxy) is 1. The lowest BCUT2D eigenvalue weighted by Gasteiger charge is -2.16. The molecule has 0 aliphatic heterocycles. The molecule has 0 bridgehead atoms. The number of para-hydroxylation sites is 1. The summed E-state index contributed by atoms with van der Waals surface area (Å²) in [7, 11) is 5.68. The van der Waals surface area contributed by atoms with Crippen LogP contribution >= 0.6 is 12.2 Å². The van der Waals surface area contributed by atoms with Crippen molar-refractivity contribution in [1.82, 2.24) is 19.2 Å². The molecule has 0 radical (unpaired) electrons. The molecule has 0 spiro atoms. The first-order valence-electron chi connectivity index (χ1n) is 9.98. The number of rotatable bonds is 7. The third-order valence-corrected chi connectivity index (χ3v) is 5.78. The fourth-order valence-corrected chi connectivity index (χ4v) is 3.91. The Hall–Kier alpha value is -2.90. The van der Waals surface area contributed by atoms with Gasteiger partial charge in [-0.1, -0.05) is 25.1 Å². The van der Waals surface area contributed by atoms with Crippen molar-refractivity contribution in [2.45, 2.75) is 26.6 Å². The van der Waals surface area contributed by atoms with E-state index in [4.69, 9.17) is 26.5 Å². The monoisotopic (exact) mass is 422 g/mol. The molecule has 4 rings (SSSR count). The summed E-state index contributed by atoms with van der Waals surface area (Å²) < 4.78 is 15.8. The number of nitrogens with zero attached hydrogens (tertiary/aromatic N) is 4. The van der Waals surface area contributed by atoms with Crippen molar-refractivity contribution in [3.8, 4) is 17.1 Å². The largest absolute Gasteiger partial charge is 0.497 e. The predicted octanol–water partition coefficient (Wildman–Crippen LogP) is 5.02. The Kier molecular flexibility index (Phi) is 5.74. The number of aromatic nitrogens is 3. The van der Waals surface area contributed by atoms with Gasteiger partial charge in [-0.3, -0.25) is 4.90 Å². The van der Waals surface area contributed by atoms with Crippen LogP contribution in [0.3, 0.4) is 0 Å². The molecule has 30 heavy (non-hydrogen) atoms. The lowest BCUT2D eigenvalue weighted by atomic mass is 10.1. The quantitative estimate of drug-likeness (QED) is 0.391. The molecule has 0 saturated carbocycles. The highest BCUT2D eigenvalue weighted by atomic mass is 32.1. The van der Waals surface area contributed by atoms with E-state index in [1.165, 1.54) is 10.9 Å². The molecule has 0 amide bonds. The molecule has 2 aromatic heterocycles. The van der Waals surface area contributed by atoms with Gasteiger partial charge in [-0.25, -0.2) is 4.68 Å². The van der Waals surface area contributed by atoms with Gasteiger partial charge in [0.25, 0.3) is 0 Å². The van der Waals surface area contributed by atoms with Crippen molar-refractivity contribution >= 4 is 23.2 Å². The SMILES string of the molecule is CCc1oc2ccccc2c1CN(C)Cn1nc(-c2ccc(OC)cc2)n(C)c1=S. The van der Waals surface area contributed by atoms with Crippen LogP contribution in [0.5, 0.6) is 5.75 Å². The predicted molar refractivity (Wildman–Crippen MR) is 121 cm³/mol. The van der Waals surface area contributed by atoms with Crippen LogP contribution in [0, 0.1) is 4.77 Å². The zero-order valence-electron chi connectivity index (χ0n) is 17.8. The Labute approximate surface area is 181 Å². The molecule has 0 aliphatic rings. The minimum absolute atomic E-state index is 0.589. The Morgan fingerprint density at radius 3 is 2.57 bits per heavy atom. The fraction of sp³-hybridized carbons (Fsp3) is 0.304. The van der Waals surface area contributed by atoms with Crippen LogP contribution in [-0.2, 0) is 26.7 Å². The van der Waals surface area contributed by atoms with Crippen LogP contribution in [0.4, 0.5) is 0 Å². The van der Waals surface area contributed by atoms with Crippen LogP contribution in [0.2, 0.25) is 0 Å². The van der Waals surface area contributed by atoms with Crippen LogP contribution in [0.25, 0.3) is 22.4 Å². The van der Waals surface area contributed by atoms with E-state index < -0.39 is 0 Å². The van der Waals surface area contributed by atoms with Crippen LogP contribution in [-0.4, -0.2) is 33.4 Å². The Morgan fingerprint density at radius 1 is 1.13 bits per heavy atom. The standard InChI is InChI=1S/C23H26N4O2S/c1-5-20-19(18-8-6-7-9-21(18)29-20)14-25(2)15-27-23(30)26(3)22(24-27)16-10-12-17(28-4)13-11-16/h6-13H,5,14-15H2,1-4H3. The molecule has 0 aliphatic carbocycles. The smallest absolute Gasteiger partial charge is 0.199 e. The van der Waals surface area contributed by atoms with Crippen molar-refractivity contribution < 1.29 is 9.15 Å². The van der Waals surface area contributed by atoms with E-state index in [9.17, 15) is 0 Å². The van der Waals surface area contributed by atoms with E-state index in [1.807, 2.05) is 52.7 Å². The van der Waals surface area contributed by atoms with E-state index in [2.05, 4.69) is 31.0 Å². The van der Waals surface area contributed by atoms with Gasteiger partial charge in [-0.15, -0.1) is 0 Å². The lowest BCUT2D eigenvalue weighted by Crippen LogP contribution is -2.23. The summed E-state index contributed by atoms with van der Waals surface area (Å²) in [4.78, 5) is 2.21. The maximum absolute atomic E-state index is 6.04. The highest BCUT2D eigenvalue weighted by molar-refractivity contribution is 7.71. The number of aryl methyl sites for hydroxylation is 1. The summed E-state index contributed by atoms with van der Waals surface area (Å²) >= 11 is 5.65. The zero-order chi connectivity index (χ0) is 21.3. The molecule has 2 aromatic carbocycles. The Morgan fingerprint density at radius 2 is 1.87 bits per heavy atom. The average Bonchev–Trinajstić information content (AvgIpc) is 3.26. The molecular weight excluding hydrogens is 396 g/mol. The fourth-order valence-electron chi connectivity index (χ4n) is 3.73. The molecule has 156 valence electrons. The minimum Gasteiger partial charge on any atom is -0.497 e. The second-order valence-corrected chi connectivity index (χ2v) is 7.77. The van der Waals surface area contributed by atoms with Crippen molar-refractivity contribution in [3.05, 3.63) is 64.6 Å². The average molecular weight is 423 g/mol. The molecule has 0 atom stereocenters. The number of benzene rings is 2. The maximum atomic E-state index is 6.04. The van der Waals surface area contributed by atoms with Gasteiger partial charge in [-0.05, 0) is 49.6 Å². The Bertz CT molecular complexity index is 1220. The van der Waals surface area contributed by atoms with E-state index in [0.717, 1.165) is 41.4 Å². The van der Waals surface area contributed by atoms with E-state index in [0.29, 0.717) is 11.4 Å². The number of methoxy groups -OCH3 is 1. The third-order valence-electron chi connectivity index (χ3n) is 5.30. The van der Waals surface area contributed by atoms with Crippen LogP contribution in [0.1, 0.15) is 18.2 Å². The van der Waals surface area contributed by atoms with E-state index in [1.54, 1.807) is 7.11 Å². The number of fused-ring (bicyclic) bond motifs is 1. The molecule has 0 fully saturated rings. The first kappa shape index (κ1) is 20.4. The second-order valence-electron chi connectivity index (χ2n) is 7.40. The van der Waals surface area contributed by atoms with Crippen molar-refractivity contribution in [2.75, 3.05) is 14.2 Å². The summed E-state index contributed by atoms with van der Waals surface area (Å²) in [5.74, 6) is 2.68. The maximum Gasteiger partial charge on any atom is 0.199 e. The number of hydrogen-bond donors (Lipinski definition) is 0. The third kappa shape index (κ3) is 3.78.